The van der Waals surface area contributed by atoms with Crippen molar-refractivity contribution in [1.82, 2.24) is 14.9 Å². The fraction of sp³-hybridized carbons (Fsp3) is 0.375. The Hall–Kier alpha value is -3.20. The van der Waals surface area contributed by atoms with Crippen molar-refractivity contribution in [2.45, 2.75) is 69.5 Å². The summed E-state index contributed by atoms with van der Waals surface area (Å²) < 4.78 is 27.7. The summed E-state index contributed by atoms with van der Waals surface area (Å²) in [4.78, 5) is 29.2. The van der Waals surface area contributed by atoms with Crippen LogP contribution >= 0.6 is 11.6 Å². The molecule has 218 valence electrons. The lowest BCUT2D eigenvalue weighted by Gasteiger charge is -2.32. The molecule has 4 rings (SSSR count). The minimum absolute atomic E-state index is 0.0329. The van der Waals surface area contributed by atoms with Crippen LogP contribution in [0, 0.1) is 5.92 Å². The third-order valence-corrected chi connectivity index (χ3v) is 8.77. The Labute approximate surface area is 248 Å². The van der Waals surface area contributed by atoms with E-state index in [0.717, 1.165) is 29.5 Å². The lowest BCUT2D eigenvalue weighted by atomic mass is 10.0. The summed E-state index contributed by atoms with van der Waals surface area (Å²) in [6, 6.07) is 22.9. The molecule has 0 saturated heterocycles. The molecule has 0 aliphatic heterocycles. The van der Waals surface area contributed by atoms with E-state index in [9.17, 15) is 18.0 Å². The van der Waals surface area contributed by atoms with E-state index in [4.69, 9.17) is 11.6 Å². The Morgan fingerprint density at radius 1 is 0.902 bits per heavy atom. The first-order valence-corrected chi connectivity index (χ1v) is 15.9. The van der Waals surface area contributed by atoms with Gasteiger partial charge in [0.05, 0.1) is 4.90 Å². The molecular weight excluding hydrogens is 558 g/mol. The standard InChI is InChI=1S/C32H38ClN3O4S/c1-23(2)21-34-32(38)30(20-25-6-4-3-5-7-25)36(22-26-8-13-27(33)14-9-26)31(37)19-12-24-10-17-29(18-11-24)41(39,40)35-28-15-16-28/h3-11,13-14,17-18,23,28,30,35H,12,15-16,19-22H2,1-2H3,(H,34,38)/t30-/m0/s1. The highest BCUT2D eigenvalue weighted by Gasteiger charge is 2.31. The number of carbonyl (C=O) groups excluding carboxylic acids is 2. The Balaban J connectivity index is 1.54. The highest BCUT2D eigenvalue weighted by atomic mass is 35.5. The highest BCUT2D eigenvalue weighted by Crippen LogP contribution is 2.23. The summed E-state index contributed by atoms with van der Waals surface area (Å²) in [5, 5.41) is 3.63. The van der Waals surface area contributed by atoms with Crippen molar-refractivity contribution in [2.24, 2.45) is 5.92 Å². The summed E-state index contributed by atoms with van der Waals surface area (Å²) in [7, 11) is -3.54. The number of amides is 2. The van der Waals surface area contributed by atoms with Crippen molar-refractivity contribution >= 4 is 33.4 Å². The number of sulfonamides is 1. The van der Waals surface area contributed by atoms with Crippen LogP contribution < -0.4 is 10.0 Å². The van der Waals surface area contributed by atoms with Crippen LogP contribution in [-0.2, 0) is 39.0 Å². The predicted molar refractivity (Wildman–Crippen MR) is 162 cm³/mol. The molecule has 0 unspecified atom stereocenters. The summed E-state index contributed by atoms with van der Waals surface area (Å²) in [6.07, 6.45) is 2.70. The number of halogens is 1. The molecule has 1 saturated carbocycles. The van der Waals surface area contributed by atoms with Crippen molar-refractivity contribution in [3.63, 3.8) is 0 Å². The average molecular weight is 596 g/mol. The van der Waals surface area contributed by atoms with E-state index < -0.39 is 16.1 Å². The molecule has 1 atom stereocenters. The van der Waals surface area contributed by atoms with Crippen LogP contribution in [0.25, 0.3) is 0 Å². The van der Waals surface area contributed by atoms with E-state index in [0.29, 0.717) is 24.4 Å². The normalized spacial score (nSPS) is 14.0. The lowest BCUT2D eigenvalue weighted by Crippen LogP contribution is -2.51. The van der Waals surface area contributed by atoms with Crippen LogP contribution in [0.15, 0.2) is 83.8 Å². The molecule has 1 aliphatic carbocycles. The van der Waals surface area contributed by atoms with E-state index >= 15 is 0 Å². The maximum atomic E-state index is 13.8. The van der Waals surface area contributed by atoms with Crippen molar-refractivity contribution in [2.75, 3.05) is 6.54 Å². The molecule has 9 heteroatoms. The second-order valence-electron chi connectivity index (χ2n) is 11.0. The van der Waals surface area contributed by atoms with Gasteiger partial charge in [-0.1, -0.05) is 80.0 Å². The Bertz CT molecular complexity index is 1410. The molecule has 41 heavy (non-hydrogen) atoms. The number of benzene rings is 3. The number of nitrogens with zero attached hydrogens (tertiary/aromatic N) is 1. The number of nitrogens with one attached hydrogen (secondary N) is 2. The molecule has 7 nitrogen and oxygen atoms in total. The minimum atomic E-state index is -3.54. The molecule has 0 spiro atoms. The van der Waals surface area contributed by atoms with Crippen molar-refractivity contribution in [3.05, 3.63) is 101 Å². The molecule has 2 N–H and O–H groups in total. The van der Waals surface area contributed by atoms with Crippen LogP contribution in [0.1, 0.15) is 49.8 Å². The molecule has 1 fully saturated rings. The number of hydrogen-bond acceptors (Lipinski definition) is 4. The van der Waals surface area contributed by atoms with Gasteiger partial charge in [0.25, 0.3) is 0 Å². The van der Waals surface area contributed by atoms with E-state index in [2.05, 4.69) is 10.0 Å². The van der Waals surface area contributed by atoms with Gasteiger partial charge < -0.3 is 10.2 Å². The van der Waals surface area contributed by atoms with Gasteiger partial charge in [-0.05, 0) is 66.1 Å². The van der Waals surface area contributed by atoms with Crippen LogP contribution in [-0.4, -0.2) is 43.8 Å². The largest absolute Gasteiger partial charge is 0.354 e. The van der Waals surface area contributed by atoms with Crippen molar-refractivity contribution in [3.8, 4) is 0 Å². The van der Waals surface area contributed by atoms with Crippen LogP contribution in [0.2, 0.25) is 5.02 Å². The van der Waals surface area contributed by atoms with Crippen molar-refractivity contribution in [1.29, 1.82) is 0 Å². The molecule has 0 bridgehead atoms. The molecule has 0 aromatic heterocycles. The molecule has 3 aromatic rings. The van der Waals surface area contributed by atoms with E-state index in [1.807, 2.05) is 56.3 Å². The summed E-state index contributed by atoms with van der Waals surface area (Å²) in [5.41, 5.74) is 2.68. The first-order chi connectivity index (χ1) is 19.6. The molecular formula is C32H38ClN3O4S. The van der Waals surface area contributed by atoms with Gasteiger partial charge in [0.1, 0.15) is 6.04 Å². The first-order valence-electron chi connectivity index (χ1n) is 14.1. The zero-order valence-corrected chi connectivity index (χ0v) is 25.1. The third kappa shape index (κ3) is 9.42. The second kappa shape index (κ2) is 14.1. The average Bonchev–Trinajstić information content (AvgIpc) is 3.77. The molecule has 3 aromatic carbocycles. The van der Waals surface area contributed by atoms with Crippen LogP contribution in [0.4, 0.5) is 0 Å². The van der Waals surface area contributed by atoms with Crippen LogP contribution in [0.5, 0.6) is 0 Å². The molecule has 1 aliphatic rings. The quantitative estimate of drug-likeness (QED) is 0.270. The third-order valence-electron chi connectivity index (χ3n) is 6.98. The lowest BCUT2D eigenvalue weighted by molar-refractivity contribution is -0.141. The zero-order chi connectivity index (χ0) is 29.4. The molecule has 0 heterocycles. The first kappa shape index (κ1) is 30.8. The second-order valence-corrected chi connectivity index (χ2v) is 13.2. The number of hydrogen-bond donors (Lipinski definition) is 2. The van der Waals surface area contributed by atoms with E-state index in [1.165, 1.54) is 0 Å². The highest BCUT2D eigenvalue weighted by molar-refractivity contribution is 7.89. The fourth-order valence-corrected chi connectivity index (χ4v) is 5.91. The predicted octanol–water partition coefficient (Wildman–Crippen LogP) is 5.13. The number of carbonyl (C=O) groups is 2. The fourth-order valence-electron chi connectivity index (χ4n) is 4.48. The van der Waals surface area contributed by atoms with Gasteiger partial charge in [-0.25, -0.2) is 13.1 Å². The molecule has 0 radical (unpaired) electrons. The van der Waals surface area contributed by atoms with Gasteiger partial charge in [-0.15, -0.1) is 0 Å². The van der Waals surface area contributed by atoms with E-state index in [1.54, 1.807) is 41.3 Å². The van der Waals surface area contributed by atoms with Crippen LogP contribution in [0.3, 0.4) is 0 Å². The van der Waals surface area contributed by atoms with Gasteiger partial charge in [0.15, 0.2) is 0 Å². The van der Waals surface area contributed by atoms with Gasteiger partial charge in [-0.3, -0.25) is 9.59 Å². The van der Waals surface area contributed by atoms with Gasteiger partial charge >= 0.3 is 0 Å². The Kier molecular flexibility index (Phi) is 10.6. The van der Waals surface area contributed by atoms with Crippen molar-refractivity contribution < 1.29 is 18.0 Å². The Morgan fingerprint density at radius 2 is 1.54 bits per heavy atom. The summed E-state index contributed by atoms with van der Waals surface area (Å²) >= 11 is 6.10. The number of aryl methyl sites for hydroxylation is 1. The number of rotatable bonds is 14. The Morgan fingerprint density at radius 3 is 2.15 bits per heavy atom. The topological polar surface area (TPSA) is 95.6 Å². The van der Waals surface area contributed by atoms with Gasteiger partial charge in [0, 0.05) is 37.0 Å². The van der Waals surface area contributed by atoms with E-state index in [-0.39, 0.29) is 41.6 Å². The van der Waals surface area contributed by atoms with Gasteiger partial charge in [-0.2, -0.15) is 0 Å². The molecule has 2 amide bonds. The SMILES string of the molecule is CC(C)CNC(=O)[C@H](Cc1ccccc1)N(Cc1ccc(Cl)cc1)C(=O)CCc1ccc(S(=O)(=O)NC2CC2)cc1. The maximum absolute atomic E-state index is 13.8. The minimum Gasteiger partial charge on any atom is -0.354 e. The summed E-state index contributed by atoms with van der Waals surface area (Å²) in [6.45, 7) is 4.83. The van der Waals surface area contributed by atoms with Gasteiger partial charge in [0.2, 0.25) is 21.8 Å². The summed E-state index contributed by atoms with van der Waals surface area (Å²) in [5.74, 6) is -0.0849. The zero-order valence-electron chi connectivity index (χ0n) is 23.6. The maximum Gasteiger partial charge on any atom is 0.243 e. The monoisotopic (exact) mass is 595 g/mol. The smallest absolute Gasteiger partial charge is 0.243 e.